The van der Waals surface area contributed by atoms with Gasteiger partial charge in [-0.15, -0.1) is 0 Å². The third kappa shape index (κ3) is 5.31. The third-order valence-electron chi connectivity index (χ3n) is 5.76. The molecule has 186 valence electrons. The lowest BCUT2D eigenvalue weighted by Gasteiger charge is -2.35. The number of rotatable bonds is 9. The van der Waals surface area contributed by atoms with Gasteiger partial charge in [0.25, 0.3) is 0 Å². The number of piperazine rings is 1. The zero-order valence-corrected chi connectivity index (χ0v) is 20.9. The van der Waals surface area contributed by atoms with Crippen molar-refractivity contribution in [3.63, 3.8) is 0 Å². The Balaban J connectivity index is 1.62. The summed E-state index contributed by atoms with van der Waals surface area (Å²) >= 11 is 0. The van der Waals surface area contributed by atoms with Crippen molar-refractivity contribution in [2.75, 3.05) is 73.1 Å². The Labute approximate surface area is 200 Å². The second kappa shape index (κ2) is 10.8. The van der Waals surface area contributed by atoms with Gasteiger partial charge in [-0.3, -0.25) is 4.79 Å². The number of amides is 1. The average Bonchev–Trinajstić information content (AvgIpc) is 2.87. The fourth-order valence-corrected chi connectivity index (χ4v) is 5.20. The van der Waals surface area contributed by atoms with E-state index in [4.69, 9.17) is 18.9 Å². The van der Waals surface area contributed by atoms with Crippen LogP contribution in [0.25, 0.3) is 0 Å². The lowest BCUT2D eigenvalue weighted by Crippen LogP contribution is -2.52. The molecule has 0 N–H and O–H groups in total. The fourth-order valence-electron chi connectivity index (χ4n) is 3.76. The van der Waals surface area contributed by atoms with Gasteiger partial charge >= 0.3 is 0 Å². The minimum absolute atomic E-state index is 0.0829. The molecule has 0 saturated carbocycles. The van der Waals surface area contributed by atoms with Gasteiger partial charge in [-0.25, -0.2) is 8.42 Å². The summed E-state index contributed by atoms with van der Waals surface area (Å²) in [5.74, 6) is 1.90. The molecule has 1 amide bonds. The number of benzene rings is 2. The van der Waals surface area contributed by atoms with Crippen molar-refractivity contribution < 1.29 is 32.2 Å². The molecule has 10 nitrogen and oxygen atoms in total. The minimum Gasteiger partial charge on any atom is -0.493 e. The van der Waals surface area contributed by atoms with Crippen molar-refractivity contribution in [3.05, 3.63) is 36.4 Å². The normalized spacial score (nSPS) is 14.4. The number of ether oxygens (including phenoxy) is 4. The molecule has 1 aliphatic rings. The van der Waals surface area contributed by atoms with E-state index in [1.165, 1.54) is 30.7 Å². The Hall–Kier alpha value is -3.18. The number of hydrogen-bond donors (Lipinski definition) is 0. The summed E-state index contributed by atoms with van der Waals surface area (Å²) in [7, 11) is 4.16. The van der Waals surface area contributed by atoms with Gasteiger partial charge in [0, 0.05) is 51.0 Å². The molecule has 1 aliphatic heterocycles. The van der Waals surface area contributed by atoms with Gasteiger partial charge < -0.3 is 28.7 Å². The monoisotopic (exact) mass is 493 g/mol. The van der Waals surface area contributed by atoms with Crippen molar-refractivity contribution in [1.29, 1.82) is 0 Å². The molecule has 34 heavy (non-hydrogen) atoms. The highest BCUT2D eigenvalue weighted by Crippen LogP contribution is 2.32. The van der Waals surface area contributed by atoms with Crippen LogP contribution in [0.2, 0.25) is 0 Å². The number of carbonyl (C=O) groups excluding carboxylic acids is 1. The van der Waals surface area contributed by atoms with Crippen LogP contribution in [0.4, 0.5) is 5.69 Å². The van der Waals surface area contributed by atoms with Crippen LogP contribution in [-0.4, -0.2) is 91.7 Å². The molecule has 0 spiro atoms. The maximum Gasteiger partial charge on any atom is 0.243 e. The average molecular weight is 494 g/mol. The number of carbonyl (C=O) groups is 1. The molecule has 2 aromatic carbocycles. The zero-order valence-electron chi connectivity index (χ0n) is 20.1. The van der Waals surface area contributed by atoms with E-state index < -0.39 is 10.0 Å². The topological polar surface area (TPSA) is 97.9 Å². The van der Waals surface area contributed by atoms with E-state index in [0.717, 1.165) is 5.69 Å². The smallest absolute Gasteiger partial charge is 0.243 e. The summed E-state index contributed by atoms with van der Waals surface area (Å²) in [5, 5.41) is 0. The van der Waals surface area contributed by atoms with Gasteiger partial charge in [-0.1, -0.05) is 0 Å². The largest absolute Gasteiger partial charge is 0.493 e. The van der Waals surface area contributed by atoms with E-state index >= 15 is 0 Å². The second-order valence-electron chi connectivity index (χ2n) is 7.70. The Morgan fingerprint density at radius 3 is 1.91 bits per heavy atom. The number of anilines is 1. The molecule has 0 bridgehead atoms. The van der Waals surface area contributed by atoms with Crippen LogP contribution >= 0.6 is 0 Å². The van der Waals surface area contributed by atoms with E-state index in [1.807, 2.05) is 18.0 Å². The van der Waals surface area contributed by atoms with Gasteiger partial charge in [-0.2, -0.15) is 4.31 Å². The Morgan fingerprint density at radius 2 is 1.35 bits per heavy atom. The molecule has 0 unspecified atom stereocenters. The van der Waals surface area contributed by atoms with Crippen LogP contribution < -0.4 is 23.8 Å². The van der Waals surface area contributed by atoms with Gasteiger partial charge in [0.2, 0.25) is 15.9 Å². The second-order valence-corrected chi connectivity index (χ2v) is 9.63. The molecule has 0 atom stereocenters. The number of nitrogens with zero attached hydrogens (tertiary/aromatic N) is 3. The lowest BCUT2D eigenvalue weighted by atomic mass is 10.2. The Morgan fingerprint density at radius 1 is 0.824 bits per heavy atom. The maximum atomic E-state index is 13.1. The lowest BCUT2D eigenvalue weighted by molar-refractivity contribution is -0.130. The van der Waals surface area contributed by atoms with E-state index in [0.29, 0.717) is 36.1 Å². The molecule has 0 aliphatic carbocycles. The molecule has 11 heteroatoms. The van der Waals surface area contributed by atoms with Crippen LogP contribution in [0.15, 0.2) is 41.3 Å². The van der Waals surface area contributed by atoms with Crippen molar-refractivity contribution in [1.82, 2.24) is 9.21 Å². The van der Waals surface area contributed by atoms with Gasteiger partial charge in [0.15, 0.2) is 23.0 Å². The third-order valence-corrected chi connectivity index (χ3v) is 7.66. The van der Waals surface area contributed by atoms with Gasteiger partial charge in [0.1, 0.15) is 0 Å². The highest BCUT2D eigenvalue weighted by Gasteiger charge is 2.31. The number of sulfonamides is 1. The van der Waals surface area contributed by atoms with Crippen LogP contribution in [0.1, 0.15) is 0 Å². The first kappa shape index (κ1) is 25.4. The molecule has 1 fully saturated rings. The predicted molar refractivity (Wildman–Crippen MR) is 128 cm³/mol. The Bertz CT molecular complexity index is 1120. The number of hydrogen-bond acceptors (Lipinski definition) is 8. The molecular formula is C23H31N3O7S. The first-order chi connectivity index (χ1) is 16.2. The van der Waals surface area contributed by atoms with Gasteiger partial charge in [0.05, 0.1) is 39.9 Å². The van der Waals surface area contributed by atoms with E-state index in [2.05, 4.69) is 0 Å². The summed E-state index contributed by atoms with van der Waals surface area (Å²) in [6, 6.07) is 9.94. The van der Waals surface area contributed by atoms with Crippen molar-refractivity contribution in [3.8, 4) is 23.0 Å². The quantitative estimate of drug-likeness (QED) is 0.521. The summed E-state index contributed by atoms with van der Waals surface area (Å²) in [4.78, 5) is 16.5. The predicted octanol–water partition coefficient (Wildman–Crippen LogP) is 1.69. The first-order valence-corrected chi connectivity index (χ1v) is 12.1. The SMILES string of the molecule is COc1ccc(N(C)CC(=O)N2CCN(S(=O)(=O)c3ccc(OC)c(OC)c3)CC2)cc1OC. The molecule has 1 saturated heterocycles. The number of methoxy groups -OCH3 is 4. The van der Waals surface area contributed by atoms with Crippen LogP contribution in [-0.2, 0) is 14.8 Å². The van der Waals surface area contributed by atoms with Crippen LogP contribution in [0.3, 0.4) is 0 Å². The fraction of sp³-hybridized carbons (Fsp3) is 0.435. The zero-order chi connectivity index (χ0) is 24.9. The summed E-state index contributed by atoms with van der Waals surface area (Å²) < 4.78 is 48.6. The Kier molecular flexibility index (Phi) is 8.11. The summed E-state index contributed by atoms with van der Waals surface area (Å²) in [5.41, 5.74) is 0.806. The van der Waals surface area contributed by atoms with Crippen molar-refractivity contribution in [2.45, 2.75) is 4.90 Å². The first-order valence-electron chi connectivity index (χ1n) is 10.7. The maximum absolute atomic E-state index is 13.1. The standard InChI is InChI=1S/C23H31N3O7S/c1-24(17-6-8-19(30-2)21(14-17)32-4)16-23(27)25-10-12-26(13-11-25)34(28,29)18-7-9-20(31-3)22(15-18)33-5/h6-9,14-15H,10-13,16H2,1-5H3. The highest BCUT2D eigenvalue weighted by atomic mass is 32.2. The number of likely N-dealkylation sites (N-methyl/N-ethyl adjacent to an activating group) is 1. The van der Waals surface area contributed by atoms with E-state index in [1.54, 1.807) is 37.3 Å². The van der Waals surface area contributed by atoms with Crippen molar-refractivity contribution >= 4 is 21.6 Å². The molecule has 3 rings (SSSR count). The van der Waals surface area contributed by atoms with Crippen LogP contribution in [0.5, 0.6) is 23.0 Å². The molecule has 1 heterocycles. The summed E-state index contributed by atoms with van der Waals surface area (Å²) in [6.07, 6.45) is 0. The summed E-state index contributed by atoms with van der Waals surface area (Å²) in [6.45, 7) is 1.19. The van der Waals surface area contributed by atoms with Gasteiger partial charge in [-0.05, 0) is 24.3 Å². The van der Waals surface area contributed by atoms with Crippen LogP contribution in [0, 0.1) is 0 Å². The van der Waals surface area contributed by atoms with E-state index in [-0.39, 0.29) is 30.4 Å². The highest BCUT2D eigenvalue weighted by molar-refractivity contribution is 7.89. The van der Waals surface area contributed by atoms with E-state index in [9.17, 15) is 13.2 Å². The molecule has 2 aromatic rings. The molecular weight excluding hydrogens is 462 g/mol. The van der Waals surface area contributed by atoms with Crippen molar-refractivity contribution in [2.24, 2.45) is 0 Å². The molecule has 0 aromatic heterocycles. The molecule has 0 radical (unpaired) electrons. The minimum atomic E-state index is -3.73.